The maximum absolute atomic E-state index is 12.0. The van der Waals surface area contributed by atoms with Crippen molar-refractivity contribution in [2.45, 2.75) is 6.42 Å². The number of ether oxygens (including phenoxy) is 3. The fourth-order valence-corrected chi connectivity index (χ4v) is 1.67. The van der Waals surface area contributed by atoms with Crippen molar-refractivity contribution in [3.63, 3.8) is 0 Å². The lowest BCUT2D eigenvalue weighted by Gasteiger charge is -2.14. The third-order valence-electron chi connectivity index (χ3n) is 2.65. The summed E-state index contributed by atoms with van der Waals surface area (Å²) in [6.45, 7) is 0.849. The van der Waals surface area contributed by atoms with E-state index in [9.17, 15) is 4.79 Å². The van der Waals surface area contributed by atoms with Crippen LogP contribution in [0.2, 0.25) is 0 Å². The Bertz CT molecular complexity index is 425. The quantitative estimate of drug-likeness (QED) is 0.540. The number of amides is 1. The van der Waals surface area contributed by atoms with Gasteiger partial charge < -0.3 is 24.4 Å². The molecule has 1 aromatic rings. The number of nitrogens with one attached hydrogen (secondary N) is 1. The summed E-state index contributed by atoms with van der Waals surface area (Å²) in [7, 11) is 4.50. The van der Waals surface area contributed by atoms with Crippen molar-refractivity contribution in [3.8, 4) is 17.2 Å². The van der Waals surface area contributed by atoms with Gasteiger partial charge in [-0.15, -0.1) is 0 Å². The Morgan fingerprint density at radius 2 is 1.75 bits per heavy atom. The normalized spacial score (nSPS) is 10.0. The fraction of sp³-hybridized carbons (Fsp3) is 0.462. The molecular weight excluding hydrogens is 264 g/mol. The monoisotopic (exact) mass is 284 g/mol. The molecule has 1 aromatic carbocycles. The van der Waals surface area contributed by atoms with Crippen molar-refractivity contribution in [1.29, 1.82) is 0 Å². The molecule has 0 heterocycles. The number of nitrogens with two attached hydrogens (primary N) is 1. The number of hydrogen-bond donors (Lipinski definition) is 2. The third-order valence-corrected chi connectivity index (χ3v) is 2.65. The molecule has 112 valence electrons. The van der Waals surface area contributed by atoms with E-state index in [1.165, 1.54) is 21.3 Å². The highest BCUT2D eigenvalue weighted by Gasteiger charge is 2.16. The Morgan fingerprint density at radius 1 is 1.15 bits per heavy atom. The summed E-state index contributed by atoms with van der Waals surface area (Å²) in [6, 6.07) is 3.19. The molecule has 0 aliphatic carbocycles. The molecule has 0 aliphatic rings. The van der Waals surface area contributed by atoms with E-state index < -0.39 is 0 Å². The Morgan fingerprint density at radius 3 is 2.20 bits per heavy atom. The predicted octanol–water partition coefficient (Wildman–Crippen LogP) is 0.723. The molecular formula is C13H20N2O5. The molecule has 1 rings (SSSR count). The molecule has 7 heteroatoms. The molecule has 0 radical (unpaired) electrons. The highest BCUT2D eigenvalue weighted by molar-refractivity contribution is 5.95. The van der Waals surface area contributed by atoms with Crippen molar-refractivity contribution >= 4 is 5.91 Å². The van der Waals surface area contributed by atoms with Gasteiger partial charge in [0, 0.05) is 12.1 Å². The van der Waals surface area contributed by atoms with Crippen LogP contribution >= 0.6 is 0 Å². The summed E-state index contributed by atoms with van der Waals surface area (Å²) in [5.41, 5.74) is 0.424. The van der Waals surface area contributed by atoms with Crippen LogP contribution in [0.25, 0.3) is 0 Å². The molecule has 0 saturated heterocycles. The summed E-state index contributed by atoms with van der Waals surface area (Å²) in [6.07, 6.45) is 0.632. The molecule has 20 heavy (non-hydrogen) atoms. The second-order valence-corrected chi connectivity index (χ2v) is 3.89. The van der Waals surface area contributed by atoms with E-state index >= 15 is 0 Å². The molecule has 0 bridgehead atoms. The molecule has 0 spiro atoms. The molecule has 0 unspecified atom stereocenters. The summed E-state index contributed by atoms with van der Waals surface area (Å²) >= 11 is 0. The van der Waals surface area contributed by atoms with Crippen LogP contribution in [0.4, 0.5) is 0 Å². The minimum Gasteiger partial charge on any atom is -0.493 e. The van der Waals surface area contributed by atoms with E-state index in [-0.39, 0.29) is 5.91 Å². The van der Waals surface area contributed by atoms with Crippen molar-refractivity contribution in [2.75, 3.05) is 34.5 Å². The van der Waals surface area contributed by atoms with Crippen LogP contribution in [0.3, 0.4) is 0 Å². The molecule has 0 saturated carbocycles. The van der Waals surface area contributed by atoms with Crippen molar-refractivity contribution in [2.24, 2.45) is 5.90 Å². The first-order valence-electron chi connectivity index (χ1n) is 6.07. The second kappa shape index (κ2) is 8.23. The van der Waals surface area contributed by atoms with Gasteiger partial charge in [0.15, 0.2) is 11.5 Å². The van der Waals surface area contributed by atoms with Crippen LogP contribution < -0.4 is 25.4 Å². The Labute approximate surface area is 117 Å². The van der Waals surface area contributed by atoms with Crippen molar-refractivity contribution in [3.05, 3.63) is 17.7 Å². The average Bonchev–Trinajstić information content (AvgIpc) is 2.49. The summed E-state index contributed by atoms with van der Waals surface area (Å²) in [5, 5.41) is 2.75. The topological polar surface area (TPSA) is 92.0 Å². The first kappa shape index (κ1) is 16.1. The molecule has 7 nitrogen and oxygen atoms in total. The average molecular weight is 284 g/mol. The van der Waals surface area contributed by atoms with Gasteiger partial charge >= 0.3 is 0 Å². The minimum absolute atomic E-state index is 0.235. The molecule has 1 amide bonds. The first-order chi connectivity index (χ1) is 9.67. The van der Waals surface area contributed by atoms with Gasteiger partial charge in [-0.3, -0.25) is 4.79 Å². The largest absolute Gasteiger partial charge is 0.493 e. The van der Waals surface area contributed by atoms with Gasteiger partial charge in [0.05, 0.1) is 27.9 Å². The number of methoxy groups -OCH3 is 3. The SMILES string of the molecule is COc1cc(C(=O)NCCCON)cc(OC)c1OC. The van der Waals surface area contributed by atoms with E-state index in [1.807, 2.05) is 0 Å². The van der Waals surface area contributed by atoms with E-state index in [4.69, 9.17) is 20.1 Å². The number of carbonyl (C=O) groups is 1. The zero-order chi connectivity index (χ0) is 15.0. The van der Waals surface area contributed by atoms with Crippen LogP contribution in [0.5, 0.6) is 17.2 Å². The van der Waals surface area contributed by atoms with Crippen molar-refractivity contribution in [1.82, 2.24) is 5.32 Å². The summed E-state index contributed by atoms with van der Waals surface area (Å²) in [5.74, 6) is 5.98. The van der Waals surface area contributed by atoms with Crippen molar-refractivity contribution < 1.29 is 23.8 Å². The standard InChI is InChI=1S/C13H20N2O5/c1-17-10-7-9(8-11(18-2)12(10)19-3)13(16)15-5-4-6-20-14/h7-8H,4-6,14H2,1-3H3,(H,15,16). The van der Waals surface area contributed by atoms with E-state index in [1.54, 1.807) is 12.1 Å². The highest BCUT2D eigenvalue weighted by Crippen LogP contribution is 2.38. The van der Waals surface area contributed by atoms with E-state index in [0.717, 1.165) is 0 Å². The Kier molecular flexibility index (Phi) is 6.61. The van der Waals surface area contributed by atoms with Gasteiger partial charge in [0.2, 0.25) is 5.75 Å². The number of carbonyl (C=O) groups excluding carboxylic acids is 1. The van der Waals surface area contributed by atoms with Crippen LogP contribution in [0.1, 0.15) is 16.8 Å². The minimum atomic E-state index is -0.235. The van der Waals surface area contributed by atoms with Gasteiger partial charge in [-0.1, -0.05) is 0 Å². The first-order valence-corrected chi connectivity index (χ1v) is 6.07. The molecule has 0 fully saturated rings. The summed E-state index contributed by atoms with van der Waals surface area (Å²) < 4.78 is 15.6. The van der Waals surface area contributed by atoms with E-state index in [0.29, 0.717) is 42.4 Å². The van der Waals surface area contributed by atoms with Crippen LogP contribution in [-0.4, -0.2) is 40.4 Å². The number of benzene rings is 1. The fourth-order valence-electron chi connectivity index (χ4n) is 1.67. The van der Waals surface area contributed by atoms with Gasteiger partial charge in [-0.2, -0.15) is 0 Å². The maximum Gasteiger partial charge on any atom is 0.251 e. The lowest BCUT2D eigenvalue weighted by Crippen LogP contribution is -2.25. The zero-order valence-electron chi connectivity index (χ0n) is 11.9. The second-order valence-electron chi connectivity index (χ2n) is 3.89. The summed E-state index contributed by atoms with van der Waals surface area (Å²) in [4.78, 5) is 16.4. The number of hydrogen-bond acceptors (Lipinski definition) is 6. The van der Waals surface area contributed by atoms with Gasteiger partial charge in [-0.25, -0.2) is 5.90 Å². The molecule has 0 aromatic heterocycles. The zero-order valence-corrected chi connectivity index (χ0v) is 11.9. The smallest absolute Gasteiger partial charge is 0.251 e. The number of rotatable bonds is 8. The predicted molar refractivity (Wildman–Crippen MR) is 73.2 cm³/mol. The molecule has 0 atom stereocenters. The Balaban J connectivity index is 2.86. The van der Waals surface area contributed by atoms with Gasteiger partial charge in [-0.05, 0) is 18.6 Å². The third kappa shape index (κ3) is 4.01. The Hall–Kier alpha value is -1.99. The van der Waals surface area contributed by atoms with Crippen LogP contribution in [0, 0.1) is 0 Å². The van der Waals surface area contributed by atoms with Crippen LogP contribution in [-0.2, 0) is 4.84 Å². The van der Waals surface area contributed by atoms with E-state index in [2.05, 4.69) is 10.2 Å². The highest BCUT2D eigenvalue weighted by atomic mass is 16.6. The van der Waals surface area contributed by atoms with Crippen LogP contribution in [0.15, 0.2) is 12.1 Å². The lowest BCUT2D eigenvalue weighted by atomic mass is 10.1. The lowest BCUT2D eigenvalue weighted by molar-refractivity contribution is 0.0940. The van der Waals surface area contributed by atoms with Gasteiger partial charge in [0.1, 0.15) is 0 Å². The molecule has 3 N–H and O–H groups in total. The maximum atomic E-state index is 12.0. The molecule has 0 aliphatic heterocycles. The van der Waals surface area contributed by atoms with Gasteiger partial charge in [0.25, 0.3) is 5.91 Å².